The van der Waals surface area contributed by atoms with Crippen LogP contribution in [0.1, 0.15) is 37.4 Å². The third-order valence-corrected chi connectivity index (χ3v) is 4.86. The summed E-state index contributed by atoms with van der Waals surface area (Å²) in [6.07, 6.45) is 8.36. The number of hydrogen-bond donors (Lipinski definition) is 0. The smallest absolute Gasteiger partial charge is 0.269 e. The molecule has 0 bridgehead atoms. The number of halogens is 2. The lowest BCUT2D eigenvalue weighted by molar-refractivity contribution is 0.461. The standard InChI is InChI=1S/C13H14BrClN4O/c14-11-12(15)16-8-18(13(11)20)7-9-5-6-19(17-9)10-3-1-2-4-10/h5-6,8,10H,1-4,7H2. The van der Waals surface area contributed by atoms with Crippen molar-refractivity contribution in [3.63, 3.8) is 0 Å². The van der Waals surface area contributed by atoms with E-state index in [-0.39, 0.29) is 15.2 Å². The summed E-state index contributed by atoms with van der Waals surface area (Å²) in [7, 11) is 0. The third kappa shape index (κ3) is 2.67. The quantitative estimate of drug-likeness (QED) is 0.794. The summed E-state index contributed by atoms with van der Waals surface area (Å²) in [5.41, 5.74) is 0.662. The summed E-state index contributed by atoms with van der Waals surface area (Å²) >= 11 is 8.94. The van der Waals surface area contributed by atoms with E-state index < -0.39 is 0 Å². The molecule has 3 rings (SSSR count). The van der Waals surface area contributed by atoms with Gasteiger partial charge in [0.1, 0.15) is 4.47 Å². The van der Waals surface area contributed by atoms with Crippen molar-refractivity contribution in [1.82, 2.24) is 19.3 Å². The Morgan fingerprint density at radius 1 is 1.40 bits per heavy atom. The van der Waals surface area contributed by atoms with Crippen molar-refractivity contribution in [3.05, 3.63) is 44.3 Å². The summed E-state index contributed by atoms with van der Waals surface area (Å²) in [4.78, 5) is 16.0. The average Bonchev–Trinajstić information content (AvgIpc) is 3.10. The molecular formula is C13H14BrClN4O. The van der Waals surface area contributed by atoms with Crippen LogP contribution in [0.5, 0.6) is 0 Å². The van der Waals surface area contributed by atoms with Gasteiger partial charge in [0.2, 0.25) is 0 Å². The maximum atomic E-state index is 12.0. The van der Waals surface area contributed by atoms with Gasteiger partial charge in [-0.3, -0.25) is 14.0 Å². The largest absolute Gasteiger partial charge is 0.292 e. The molecule has 5 nitrogen and oxygen atoms in total. The molecule has 0 spiro atoms. The molecular weight excluding hydrogens is 344 g/mol. The number of hydrogen-bond acceptors (Lipinski definition) is 3. The second-order valence-corrected chi connectivity index (χ2v) is 6.16. The Hall–Kier alpha value is -1.14. The van der Waals surface area contributed by atoms with Crippen molar-refractivity contribution < 1.29 is 0 Å². The highest BCUT2D eigenvalue weighted by Gasteiger charge is 2.17. The molecule has 0 radical (unpaired) electrons. The Morgan fingerprint density at radius 2 is 2.15 bits per heavy atom. The van der Waals surface area contributed by atoms with Gasteiger partial charge in [0.25, 0.3) is 5.56 Å². The first-order valence-corrected chi connectivity index (χ1v) is 7.76. The Balaban J connectivity index is 1.81. The van der Waals surface area contributed by atoms with E-state index in [1.807, 2.05) is 16.9 Å². The predicted molar refractivity (Wildman–Crippen MR) is 80.0 cm³/mol. The molecule has 1 saturated carbocycles. The van der Waals surface area contributed by atoms with Crippen LogP contribution in [0.25, 0.3) is 0 Å². The Bertz CT molecular complexity index is 675. The normalized spacial score (nSPS) is 15.9. The van der Waals surface area contributed by atoms with Gasteiger partial charge in [-0.1, -0.05) is 24.4 Å². The van der Waals surface area contributed by atoms with Crippen molar-refractivity contribution >= 4 is 27.5 Å². The van der Waals surface area contributed by atoms with Crippen molar-refractivity contribution in [3.8, 4) is 0 Å². The van der Waals surface area contributed by atoms with Crippen LogP contribution in [0.15, 0.2) is 27.9 Å². The SMILES string of the molecule is O=c1c(Br)c(Cl)ncn1Cc1ccn(C2CCCC2)n1. The van der Waals surface area contributed by atoms with Crippen LogP contribution in [-0.4, -0.2) is 19.3 Å². The summed E-state index contributed by atoms with van der Waals surface area (Å²) in [5, 5.41) is 4.74. The van der Waals surface area contributed by atoms with Crippen molar-refractivity contribution in [2.75, 3.05) is 0 Å². The summed E-state index contributed by atoms with van der Waals surface area (Å²) < 4.78 is 3.81. The molecule has 0 aromatic carbocycles. The van der Waals surface area contributed by atoms with Gasteiger partial charge < -0.3 is 0 Å². The van der Waals surface area contributed by atoms with Gasteiger partial charge in [-0.2, -0.15) is 5.10 Å². The Kier molecular flexibility index (Phi) is 3.94. The lowest BCUT2D eigenvalue weighted by Crippen LogP contribution is -2.22. The molecule has 106 valence electrons. The third-order valence-electron chi connectivity index (χ3n) is 3.63. The second kappa shape index (κ2) is 5.69. The molecule has 2 heterocycles. The minimum absolute atomic E-state index is 0.183. The molecule has 7 heteroatoms. The first kappa shape index (κ1) is 13.8. The monoisotopic (exact) mass is 356 g/mol. The summed E-state index contributed by atoms with van der Waals surface area (Å²) in [6, 6.07) is 2.46. The molecule has 1 aliphatic rings. The van der Waals surface area contributed by atoms with Crippen LogP contribution in [0.3, 0.4) is 0 Å². The molecule has 0 saturated heterocycles. The van der Waals surface area contributed by atoms with Crippen LogP contribution < -0.4 is 5.56 Å². The topological polar surface area (TPSA) is 52.7 Å². The molecule has 1 aliphatic carbocycles. The number of nitrogens with zero attached hydrogens (tertiary/aromatic N) is 4. The van der Waals surface area contributed by atoms with E-state index >= 15 is 0 Å². The first-order chi connectivity index (χ1) is 9.65. The van der Waals surface area contributed by atoms with Gasteiger partial charge in [0.05, 0.1) is 24.6 Å². The van der Waals surface area contributed by atoms with Crippen LogP contribution in [-0.2, 0) is 6.54 Å². The van der Waals surface area contributed by atoms with E-state index in [0.717, 1.165) is 5.69 Å². The molecule has 0 unspecified atom stereocenters. The van der Waals surface area contributed by atoms with Gasteiger partial charge in [0.15, 0.2) is 5.15 Å². The number of aromatic nitrogens is 4. The fraction of sp³-hybridized carbons (Fsp3) is 0.462. The Labute approximate surface area is 129 Å². The summed E-state index contributed by atoms with van der Waals surface area (Å²) in [5.74, 6) is 0. The van der Waals surface area contributed by atoms with E-state index in [9.17, 15) is 4.79 Å². The van der Waals surface area contributed by atoms with Crippen LogP contribution in [0, 0.1) is 0 Å². The molecule has 2 aromatic rings. The highest BCUT2D eigenvalue weighted by molar-refractivity contribution is 9.10. The highest BCUT2D eigenvalue weighted by Crippen LogP contribution is 2.28. The zero-order chi connectivity index (χ0) is 14.1. The van der Waals surface area contributed by atoms with Crippen LogP contribution >= 0.6 is 27.5 Å². The lowest BCUT2D eigenvalue weighted by Gasteiger charge is -2.09. The molecule has 0 aliphatic heterocycles. The number of rotatable bonds is 3. The summed E-state index contributed by atoms with van der Waals surface area (Å²) in [6.45, 7) is 0.404. The second-order valence-electron chi connectivity index (χ2n) is 5.01. The fourth-order valence-corrected chi connectivity index (χ4v) is 3.02. The maximum absolute atomic E-state index is 12.0. The average molecular weight is 358 g/mol. The molecule has 20 heavy (non-hydrogen) atoms. The molecule has 0 N–H and O–H groups in total. The molecule has 2 aromatic heterocycles. The van der Waals surface area contributed by atoms with Gasteiger partial charge >= 0.3 is 0 Å². The fourth-order valence-electron chi connectivity index (χ4n) is 2.56. The van der Waals surface area contributed by atoms with Crippen LogP contribution in [0.2, 0.25) is 5.15 Å². The first-order valence-electron chi connectivity index (χ1n) is 6.59. The van der Waals surface area contributed by atoms with Gasteiger partial charge in [0, 0.05) is 6.20 Å². The minimum atomic E-state index is -0.194. The predicted octanol–water partition coefficient (Wildman–Crippen LogP) is 3.02. The van der Waals surface area contributed by atoms with Gasteiger partial charge in [-0.05, 0) is 34.8 Å². The van der Waals surface area contributed by atoms with Crippen LogP contribution in [0.4, 0.5) is 0 Å². The maximum Gasteiger partial charge on any atom is 0.269 e. The van der Waals surface area contributed by atoms with Gasteiger partial charge in [-0.15, -0.1) is 0 Å². The van der Waals surface area contributed by atoms with E-state index in [1.165, 1.54) is 36.6 Å². The van der Waals surface area contributed by atoms with Crippen molar-refractivity contribution in [1.29, 1.82) is 0 Å². The van der Waals surface area contributed by atoms with Gasteiger partial charge in [-0.25, -0.2) is 4.98 Å². The van der Waals surface area contributed by atoms with Crippen molar-refractivity contribution in [2.45, 2.75) is 38.3 Å². The minimum Gasteiger partial charge on any atom is -0.292 e. The molecule has 0 atom stereocenters. The Morgan fingerprint density at radius 3 is 2.90 bits per heavy atom. The highest BCUT2D eigenvalue weighted by atomic mass is 79.9. The molecule has 1 fully saturated rings. The lowest BCUT2D eigenvalue weighted by atomic mass is 10.3. The van der Waals surface area contributed by atoms with E-state index in [2.05, 4.69) is 26.0 Å². The zero-order valence-electron chi connectivity index (χ0n) is 10.8. The van der Waals surface area contributed by atoms with E-state index in [0.29, 0.717) is 12.6 Å². The molecule has 0 amide bonds. The zero-order valence-corrected chi connectivity index (χ0v) is 13.1. The van der Waals surface area contributed by atoms with E-state index in [4.69, 9.17) is 11.6 Å². The van der Waals surface area contributed by atoms with Crippen molar-refractivity contribution in [2.24, 2.45) is 0 Å². The van der Waals surface area contributed by atoms with E-state index in [1.54, 1.807) is 0 Å².